The lowest BCUT2D eigenvalue weighted by atomic mass is 10.2. The van der Waals surface area contributed by atoms with Crippen LogP contribution in [0.2, 0.25) is 0 Å². The zero-order valence-electron chi connectivity index (χ0n) is 10.3. The van der Waals surface area contributed by atoms with Crippen LogP contribution in [-0.4, -0.2) is 14.6 Å². The summed E-state index contributed by atoms with van der Waals surface area (Å²) in [6, 6.07) is 8.39. The van der Waals surface area contributed by atoms with Crippen molar-refractivity contribution in [3.8, 4) is 0 Å². The second kappa shape index (κ2) is 5.54. The van der Waals surface area contributed by atoms with E-state index >= 15 is 0 Å². The Bertz CT molecular complexity index is 608. The molecule has 1 unspecified atom stereocenters. The highest BCUT2D eigenvalue weighted by molar-refractivity contribution is 9.10. The molecule has 1 aromatic carbocycles. The Hall–Kier alpha value is -1.66. The van der Waals surface area contributed by atoms with Gasteiger partial charge in [-0.3, -0.25) is 10.1 Å². The summed E-state index contributed by atoms with van der Waals surface area (Å²) < 4.78 is 2.60. The van der Waals surface area contributed by atoms with Crippen LogP contribution in [0.4, 0.5) is 5.69 Å². The van der Waals surface area contributed by atoms with Gasteiger partial charge in [0.05, 0.1) is 11.0 Å². The Morgan fingerprint density at radius 3 is 2.79 bits per heavy atom. The van der Waals surface area contributed by atoms with Crippen LogP contribution < -0.4 is 0 Å². The van der Waals surface area contributed by atoms with Crippen LogP contribution in [0.3, 0.4) is 0 Å². The van der Waals surface area contributed by atoms with Crippen molar-refractivity contribution in [1.82, 2.24) is 4.57 Å². The number of rotatable bonds is 4. The number of aliphatic hydroxyl groups is 1. The van der Waals surface area contributed by atoms with Crippen molar-refractivity contribution in [1.29, 1.82) is 0 Å². The van der Waals surface area contributed by atoms with Crippen molar-refractivity contribution in [2.24, 2.45) is 0 Å². The summed E-state index contributed by atoms with van der Waals surface area (Å²) in [5.41, 5.74) is 1.79. The Morgan fingerprint density at radius 1 is 1.47 bits per heavy atom. The number of aromatic nitrogens is 1. The fraction of sp³-hybridized carbons (Fsp3) is 0.231. The first-order valence-electron chi connectivity index (χ1n) is 5.75. The average molecular weight is 325 g/mol. The lowest BCUT2D eigenvalue weighted by molar-refractivity contribution is -0.384. The monoisotopic (exact) mass is 324 g/mol. The molecule has 1 heterocycles. The fourth-order valence-electron chi connectivity index (χ4n) is 1.91. The molecule has 5 nitrogen and oxygen atoms in total. The van der Waals surface area contributed by atoms with Crippen molar-refractivity contribution in [2.75, 3.05) is 0 Å². The summed E-state index contributed by atoms with van der Waals surface area (Å²) in [5, 5.41) is 20.3. The van der Waals surface area contributed by atoms with Crippen molar-refractivity contribution < 1.29 is 10.0 Å². The molecule has 19 heavy (non-hydrogen) atoms. The zero-order chi connectivity index (χ0) is 14.0. The van der Waals surface area contributed by atoms with Gasteiger partial charge in [-0.15, -0.1) is 0 Å². The van der Waals surface area contributed by atoms with E-state index in [9.17, 15) is 15.2 Å². The van der Waals surface area contributed by atoms with E-state index in [0.29, 0.717) is 11.0 Å². The molecule has 1 aromatic heterocycles. The molecule has 100 valence electrons. The summed E-state index contributed by atoms with van der Waals surface area (Å²) >= 11 is 3.34. The standard InChI is InChI=1S/C13H13BrN2O3/c1-9(17)13-3-2-6-15(13)8-10-4-5-11(16(18)19)7-12(10)14/h2-7,9,17H,8H2,1H3. The molecule has 0 radical (unpaired) electrons. The second-order valence-corrected chi connectivity index (χ2v) is 5.12. The minimum atomic E-state index is -0.549. The number of hydrogen-bond donors (Lipinski definition) is 1. The number of halogens is 1. The first-order valence-corrected chi connectivity index (χ1v) is 6.54. The summed E-state index contributed by atoms with van der Waals surface area (Å²) in [4.78, 5) is 10.2. The molecule has 0 aliphatic carbocycles. The van der Waals surface area contributed by atoms with Gasteiger partial charge in [0, 0.05) is 35.0 Å². The van der Waals surface area contributed by atoms with E-state index in [0.717, 1.165) is 11.3 Å². The van der Waals surface area contributed by atoms with Gasteiger partial charge in [-0.25, -0.2) is 0 Å². The molecule has 0 bridgehead atoms. The van der Waals surface area contributed by atoms with Gasteiger partial charge in [-0.1, -0.05) is 15.9 Å². The van der Waals surface area contributed by atoms with Gasteiger partial charge in [0.25, 0.3) is 5.69 Å². The third-order valence-corrected chi connectivity index (χ3v) is 3.62. The Balaban J connectivity index is 2.28. The highest BCUT2D eigenvalue weighted by Crippen LogP contribution is 2.25. The molecule has 0 amide bonds. The minimum Gasteiger partial charge on any atom is -0.387 e. The van der Waals surface area contributed by atoms with Crippen LogP contribution in [0, 0.1) is 10.1 Å². The van der Waals surface area contributed by atoms with Gasteiger partial charge in [-0.2, -0.15) is 0 Å². The topological polar surface area (TPSA) is 68.3 Å². The predicted octanol–water partition coefficient (Wildman–Crippen LogP) is 3.26. The Kier molecular flexibility index (Phi) is 4.01. The Labute approximate surface area is 118 Å². The molecular weight excluding hydrogens is 312 g/mol. The second-order valence-electron chi connectivity index (χ2n) is 4.27. The lowest BCUT2D eigenvalue weighted by Crippen LogP contribution is -2.06. The van der Waals surface area contributed by atoms with E-state index < -0.39 is 11.0 Å². The van der Waals surface area contributed by atoms with Gasteiger partial charge >= 0.3 is 0 Å². The molecule has 6 heteroatoms. The molecule has 2 aromatic rings. The summed E-state index contributed by atoms with van der Waals surface area (Å²) in [6.45, 7) is 2.25. The van der Waals surface area contributed by atoms with E-state index in [1.165, 1.54) is 12.1 Å². The van der Waals surface area contributed by atoms with Crippen molar-refractivity contribution in [3.05, 3.63) is 62.4 Å². The number of benzene rings is 1. The summed E-state index contributed by atoms with van der Waals surface area (Å²) in [5.74, 6) is 0. The van der Waals surface area contributed by atoms with Crippen LogP contribution >= 0.6 is 15.9 Å². The summed E-state index contributed by atoms with van der Waals surface area (Å²) in [6.07, 6.45) is 1.32. The van der Waals surface area contributed by atoms with Crippen LogP contribution in [0.1, 0.15) is 24.3 Å². The van der Waals surface area contributed by atoms with Crippen molar-refractivity contribution >= 4 is 21.6 Å². The first-order chi connectivity index (χ1) is 8.99. The van der Waals surface area contributed by atoms with Crippen LogP contribution in [0.25, 0.3) is 0 Å². The first kappa shape index (κ1) is 13.8. The largest absolute Gasteiger partial charge is 0.387 e. The van der Waals surface area contributed by atoms with E-state index in [1.807, 2.05) is 22.9 Å². The number of non-ortho nitro benzene ring substituents is 1. The predicted molar refractivity (Wildman–Crippen MR) is 75.0 cm³/mol. The molecule has 0 spiro atoms. The van der Waals surface area contributed by atoms with Gasteiger partial charge in [0.1, 0.15) is 0 Å². The van der Waals surface area contributed by atoms with Crippen LogP contribution in [-0.2, 0) is 6.54 Å². The molecular formula is C13H13BrN2O3. The maximum absolute atomic E-state index is 10.7. The maximum atomic E-state index is 10.7. The molecule has 0 fully saturated rings. The quantitative estimate of drug-likeness (QED) is 0.693. The van der Waals surface area contributed by atoms with E-state index in [2.05, 4.69) is 15.9 Å². The molecule has 1 N–H and O–H groups in total. The van der Waals surface area contributed by atoms with Gasteiger partial charge in [0.2, 0.25) is 0 Å². The highest BCUT2D eigenvalue weighted by atomic mass is 79.9. The maximum Gasteiger partial charge on any atom is 0.270 e. The Morgan fingerprint density at radius 2 is 2.21 bits per heavy atom. The van der Waals surface area contributed by atoms with Crippen LogP contribution in [0.5, 0.6) is 0 Å². The van der Waals surface area contributed by atoms with E-state index in [-0.39, 0.29) is 5.69 Å². The minimum absolute atomic E-state index is 0.0545. The van der Waals surface area contributed by atoms with Crippen molar-refractivity contribution in [3.63, 3.8) is 0 Å². The van der Waals surface area contributed by atoms with Crippen LogP contribution in [0.15, 0.2) is 41.0 Å². The summed E-state index contributed by atoms with van der Waals surface area (Å²) in [7, 11) is 0. The molecule has 0 saturated carbocycles. The average Bonchev–Trinajstić information content (AvgIpc) is 2.79. The number of nitro groups is 1. The van der Waals surface area contributed by atoms with Gasteiger partial charge in [-0.05, 0) is 30.7 Å². The molecule has 0 aliphatic rings. The molecule has 0 saturated heterocycles. The SMILES string of the molecule is CC(O)c1cccn1Cc1ccc([N+](=O)[O-])cc1Br. The molecule has 2 rings (SSSR count). The number of hydrogen-bond acceptors (Lipinski definition) is 3. The normalized spacial score (nSPS) is 12.4. The van der Waals surface area contributed by atoms with Gasteiger partial charge in [0.15, 0.2) is 0 Å². The zero-order valence-corrected chi connectivity index (χ0v) is 11.9. The fourth-order valence-corrected chi connectivity index (χ4v) is 2.40. The smallest absolute Gasteiger partial charge is 0.270 e. The number of nitrogens with zero attached hydrogens (tertiary/aromatic N) is 2. The third kappa shape index (κ3) is 3.02. The number of nitro benzene ring substituents is 1. The lowest BCUT2D eigenvalue weighted by Gasteiger charge is -2.12. The van der Waals surface area contributed by atoms with Crippen molar-refractivity contribution in [2.45, 2.75) is 19.6 Å². The number of aliphatic hydroxyl groups excluding tert-OH is 1. The third-order valence-electron chi connectivity index (χ3n) is 2.88. The van der Waals surface area contributed by atoms with E-state index in [1.54, 1.807) is 13.0 Å². The highest BCUT2D eigenvalue weighted by Gasteiger charge is 2.11. The molecule has 1 atom stereocenters. The van der Waals surface area contributed by atoms with Gasteiger partial charge < -0.3 is 9.67 Å². The van der Waals surface area contributed by atoms with E-state index in [4.69, 9.17) is 0 Å². The molecule has 0 aliphatic heterocycles.